The first-order valence-corrected chi connectivity index (χ1v) is 8.82. The molecule has 21 heavy (non-hydrogen) atoms. The minimum absolute atomic E-state index is 0.333. The molecule has 2 unspecified atom stereocenters. The van der Waals surface area contributed by atoms with E-state index < -0.39 is 0 Å². The average Bonchev–Trinajstić information content (AvgIpc) is 2.48. The van der Waals surface area contributed by atoms with E-state index in [9.17, 15) is 4.79 Å². The van der Waals surface area contributed by atoms with Gasteiger partial charge in [0.2, 0.25) is 5.91 Å². The number of nitrogens with one attached hydrogen (secondary N) is 1. The van der Waals surface area contributed by atoms with Crippen molar-refractivity contribution in [3.05, 3.63) is 0 Å². The number of likely N-dealkylation sites (tertiary alicyclic amines) is 1. The maximum Gasteiger partial charge on any atom is 0.236 e. The fourth-order valence-corrected chi connectivity index (χ4v) is 3.60. The third kappa shape index (κ3) is 4.96. The molecule has 2 heterocycles. The molecule has 2 atom stereocenters. The Hall–Kier alpha value is -0.610. The summed E-state index contributed by atoms with van der Waals surface area (Å²) in [5.41, 5.74) is 0. The van der Waals surface area contributed by atoms with Crippen LogP contribution in [0.15, 0.2) is 0 Å². The SMILES string of the molecule is CC(C)N(CC(=O)N1CCCCC1C)CC1CCCNC1. The number of nitrogens with zero attached hydrogens (tertiary/aromatic N) is 2. The van der Waals surface area contributed by atoms with Gasteiger partial charge in [-0.1, -0.05) is 0 Å². The predicted molar refractivity (Wildman–Crippen MR) is 87.3 cm³/mol. The van der Waals surface area contributed by atoms with Crippen LogP contribution >= 0.6 is 0 Å². The van der Waals surface area contributed by atoms with E-state index >= 15 is 0 Å². The largest absolute Gasteiger partial charge is 0.339 e. The summed E-state index contributed by atoms with van der Waals surface area (Å²) in [4.78, 5) is 17.1. The van der Waals surface area contributed by atoms with E-state index in [4.69, 9.17) is 0 Å². The zero-order chi connectivity index (χ0) is 15.2. The fourth-order valence-electron chi connectivity index (χ4n) is 3.60. The highest BCUT2D eigenvalue weighted by molar-refractivity contribution is 5.78. The number of carbonyl (C=O) groups is 1. The van der Waals surface area contributed by atoms with E-state index in [1.54, 1.807) is 0 Å². The van der Waals surface area contributed by atoms with Gasteiger partial charge in [-0.2, -0.15) is 0 Å². The maximum atomic E-state index is 12.6. The summed E-state index contributed by atoms with van der Waals surface area (Å²) in [7, 11) is 0. The van der Waals surface area contributed by atoms with Crippen molar-refractivity contribution in [3.8, 4) is 0 Å². The molecule has 2 aliphatic rings. The van der Waals surface area contributed by atoms with Crippen molar-refractivity contribution in [1.82, 2.24) is 15.1 Å². The minimum Gasteiger partial charge on any atom is -0.339 e. The summed E-state index contributed by atoms with van der Waals surface area (Å²) in [6.07, 6.45) is 6.18. The van der Waals surface area contributed by atoms with Crippen LogP contribution in [0, 0.1) is 5.92 Å². The normalized spacial score (nSPS) is 27.4. The molecule has 0 spiro atoms. The second-order valence-electron chi connectivity index (χ2n) is 7.17. The van der Waals surface area contributed by atoms with Gasteiger partial charge in [-0.3, -0.25) is 9.69 Å². The first-order valence-electron chi connectivity index (χ1n) is 8.82. The molecular formula is C17H33N3O. The van der Waals surface area contributed by atoms with Gasteiger partial charge in [-0.15, -0.1) is 0 Å². The highest BCUT2D eigenvalue weighted by Gasteiger charge is 2.26. The molecule has 2 rings (SSSR count). The molecule has 2 aliphatic heterocycles. The number of hydrogen-bond acceptors (Lipinski definition) is 3. The van der Waals surface area contributed by atoms with Gasteiger partial charge >= 0.3 is 0 Å². The second kappa shape index (κ2) is 8.14. The van der Waals surface area contributed by atoms with Gasteiger partial charge in [0.05, 0.1) is 6.54 Å². The van der Waals surface area contributed by atoms with Crippen molar-refractivity contribution in [2.24, 2.45) is 5.92 Å². The lowest BCUT2D eigenvalue weighted by molar-refractivity contribution is -0.136. The maximum absolute atomic E-state index is 12.6. The van der Waals surface area contributed by atoms with E-state index in [0.29, 0.717) is 30.5 Å². The lowest BCUT2D eigenvalue weighted by atomic mass is 9.98. The van der Waals surface area contributed by atoms with Crippen molar-refractivity contribution < 1.29 is 4.79 Å². The van der Waals surface area contributed by atoms with Crippen LogP contribution in [0.1, 0.15) is 52.9 Å². The molecular weight excluding hydrogens is 262 g/mol. The summed E-state index contributed by atoms with van der Waals surface area (Å²) in [6.45, 7) is 11.5. The number of carbonyl (C=O) groups excluding carboxylic acids is 1. The van der Waals surface area contributed by atoms with Crippen molar-refractivity contribution in [3.63, 3.8) is 0 Å². The van der Waals surface area contributed by atoms with E-state index in [1.165, 1.54) is 32.1 Å². The first kappa shape index (κ1) is 16.8. The topological polar surface area (TPSA) is 35.6 Å². The molecule has 1 amide bonds. The van der Waals surface area contributed by atoms with Crippen LogP contribution in [0.25, 0.3) is 0 Å². The molecule has 0 aromatic heterocycles. The molecule has 1 N–H and O–H groups in total. The van der Waals surface area contributed by atoms with Crippen molar-refractivity contribution in [1.29, 1.82) is 0 Å². The number of rotatable bonds is 5. The molecule has 0 saturated carbocycles. The Kier molecular flexibility index (Phi) is 6.49. The predicted octanol–water partition coefficient (Wildman–Crippen LogP) is 2.10. The third-order valence-corrected chi connectivity index (χ3v) is 5.08. The van der Waals surface area contributed by atoms with Gasteiger partial charge in [0, 0.05) is 25.2 Å². The molecule has 2 saturated heterocycles. The van der Waals surface area contributed by atoms with E-state index in [0.717, 1.165) is 26.2 Å². The van der Waals surface area contributed by atoms with Crippen LogP contribution < -0.4 is 5.32 Å². The van der Waals surface area contributed by atoms with Crippen LogP contribution in [-0.2, 0) is 4.79 Å². The van der Waals surface area contributed by atoms with Crippen molar-refractivity contribution in [2.75, 3.05) is 32.7 Å². The monoisotopic (exact) mass is 295 g/mol. The summed E-state index contributed by atoms with van der Waals surface area (Å²) in [5, 5.41) is 3.48. The minimum atomic E-state index is 0.333. The van der Waals surface area contributed by atoms with Gasteiger partial charge in [-0.25, -0.2) is 0 Å². The Morgan fingerprint density at radius 3 is 2.71 bits per heavy atom. The van der Waals surface area contributed by atoms with Gasteiger partial charge < -0.3 is 10.2 Å². The molecule has 4 heteroatoms. The summed E-state index contributed by atoms with van der Waals surface area (Å²) >= 11 is 0. The Morgan fingerprint density at radius 2 is 2.10 bits per heavy atom. The van der Waals surface area contributed by atoms with E-state index in [-0.39, 0.29) is 0 Å². The lowest BCUT2D eigenvalue weighted by Crippen LogP contribution is -2.50. The van der Waals surface area contributed by atoms with Crippen LogP contribution in [0.5, 0.6) is 0 Å². The van der Waals surface area contributed by atoms with Crippen molar-refractivity contribution >= 4 is 5.91 Å². The van der Waals surface area contributed by atoms with Crippen LogP contribution in [0.2, 0.25) is 0 Å². The third-order valence-electron chi connectivity index (χ3n) is 5.08. The lowest BCUT2D eigenvalue weighted by Gasteiger charge is -2.37. The first-order chi connectivity index (χ1) is 10.1. The van der Waals surface area contributed by atoms with Crippen LogP contribution in [0.3, 0.4) is 0 Å². The van der Waals surface area contributed by atoms with E-state index in [2.05, 4.69) is 35.9 Å². The number of piperidine rings is 2. The average molecular weight is 295 g/mol. The smallest absolute Gasteiger partial charge is 0.236 e. The second-order valence-corrected chi connectivity index (χ2v) is 7.17. The number of amides is 1. The Morgan fingerprint density at radius 1 is 1.29 bits per heavy atom. The van der Waals surface area contributed by atoms with Gasteiger partial charge in [0.25, 0.3) is 0 Å². The Balaban J connectivity index is 1.87. The molecule has 0 bridgehead atoms. The molecule has 2 fully saturated rings. The molecule has 4 nitrogen and oxygen atoms in total. The van der Waals surface area contributed by atoms with E-state index in [1.807, 2.05) is 0 Å². The quantitative estimate of drug-likeness (QED) is 0.844. The highest BCUT2D eigenvalue weighted by atomic mass is 16.2. The summed E-state index contributed by atoms with van der Waals surface area (Å²) in [6, 6.07) is 0.868. The molecule has 0 aromatic rings. The van der Waals surface area contributed by atoms with Gasteiger partial charge in [-0.05, 0) is 71.9 Å². The Labute approximate surface area is 130 Å². The zero-order valence-corrected chi connectivity index (χ0v) is 14.1. The fraction of sp³-hybridized carbons (Fsp3) is 0.941. The molecule has 0 aromatic carbocycles. The standard InChI is InChI=1S/C17H33N3O/c1-14(2)19(12-16-8-6-9-18-11-16)13-17(21)20-10-5-4-7-15(20)3/h14-16,18H,4-13H2,1-3H3. The molecule has 0 radical (unpaired) electrons. The number of hydrogen-bond donors (Lipinski definition) is 1. The van der Waals surface area contributed by atoms with Crippen LogP contribution in [0.4, 0.5) is 0 Å². The summed E-state index contributed by atoms with van der Waals surface area (Å²) in [5.74, 6) is 1.03. The van der Waals surface area contributed by atoms with Gasteiger partial charge in [0.1, 0.15) is 0 Å². The van der Waals surface area contributed by atoms with Crippen LogP contribution in [-0.4, -0.2) is 60.5 Å². The van der Waals surface area contributed by atoms with Gasteiger partial charge in [0.15, 0.2) is 0 Å². The molecule has 122 valence electrons. The molecule has 0 aliphatic carbocycles. The highest BCUT2D eigenvalue weighted by Crippen LogP contribution is 2.18. The van der Waals surface area contributed by atoms with Crippen molar-refractivity contribution in [2.45, 2.75) is 65.0 Å². The zero-order valence-electron chi connectivity index (χ0n) is 14.1. The summed E-state index contributed by atoms with van der Waals surface area (Å²) < 4.78 is 0. The Bertz CT molecular complexity index is 326.